The lowest BCUT2D eigenvalue weighted by Gasteiger charge is -2.54. The van der Waals surface area contributed by atoms with Gasteiger partial charge in [0, 0.05) is 17.8 Å². The van der Waals surface area contributed by atoms with Crippen LogP contribution in [-0.2, 0) is 4.74 Å². The van der Waals surface area contributed by atoms with Crippen LogP contribution < -0.4 is 0 Å². The van der Waals surface area contributed by atoms with Gasteiger partial charge in [0.15, 0.2) is 0 Å². The molecule has 4 rings (SSSR count). The predicted molar refractivity (Wildman–Crippen MR) is 45.4 cm³/mol. The van der Waals surface area contributed by atoms with Gasteiger partial charge in [-0.05, 0) is 37.2 Å². The minimum absolute atomic E-state index is 0.663. The molecule has 4 atom stereocenters. The Hall–Kier alpha value is -0.460. The minimum atomic E-state index is 0.663. The average Bonchev–Trinajstić information content (AvgIpc) is 2.30. The van der Waals surface area contributed by atoms with E-state index in [1.54, 1.807) is 0 Å². The first-order valence-corrected chi connectivity index (χ1v) is 5.21. The molecule has 0 amide bonds. The Kier molecular flexibility index (Phi) is 0.805. The fourth-order valence-electron chi connectivity index (χ4n) is 4.21. The summed E-state index contributed by atoms with van der Waals surface area (Å²) in [4.78, 5) is 0. The molecule has 1 aliphatic heterocycles. The van der Waals surface area contributed by atoms with E-state index in [0.717, 1.165) is 24.4 Å². The highest BCUT2D eigenvalue weighted by Gasteiger charge is 2.62. The molecular weight excluding hydrogens is 148 g/mol. The third kappa shape index (κ3) is 0.468. The van der Waals surface area contributed by atoms with Crippen LogP contribution in [0.15, 0.2) is 11.8 Å². The predicted octanol–water partition coefficient (Wildman–Crippen LogP) is 2.34. The maximum atomic E-state index is 5.74. The zero-order valence-electron chi connectivity index (χ0n) is 7.25. The summed E-state index contributed by atoms with van der Waals surface area (Å²) in [5.74, 6) is 4.27. The van der Waals surface area contributed by atoms with Crippen LogP contribution in [0.3, 0.4) is 0 Å². The van der Waals surface area contributed by atoms with Crippen molar-refractivity contribution in [3.63, 3.8) is 0 Å². The van der Waals surface area contributed by atoms with E-state index >= 15 is 0 Å². The van der Waals surface area contributed by atoms with Crippen LogP contribution in [0.4, 0.5) is 0 Å². The van der Waals surface area contributed by atoms with Crippen LogP contribution in [0.1, 0.15) is 25.7 Å². The molecule has 0 aromatic rings. The Morgan fingerprint density at radius 1 is 1.33 bits per heavy atom. The molecule has 4 aliphatic rings. The molecule has 4 unspecified atom stereocenters. The summed E-state index contributed by atoms with van der Waals surface area (Å²) in [5.41, 5.74) is 0.663. The molecule has 2 fully saturated rings. The van der Waals surface area contributed by atoms with Gasteiger partial charge in [-0.15, -0.1) is 0 Å². The van der Waals surface area contributed by atoms with E-state index in [1.165, 1.54) is 31.4 Å². The topological polar surface area (TPSA) is 9.23 Å². The number of rotatable bonds is 0. The smallest absolute Gasteiger partial charge is 0.0928 e. The molecule has 3 aliphatic carbocycles. The summed E-state index contributed by atoms with van der Waals surface area (Å²) in [6, 6.07) is 0. The van der Waals surface area contributed by atoms with Crippen molar-refractivity contribution in [3.8, 4) is 0 Å². The molecule has 0 radical (unpaired) electrons. The molecule has 0 saturated heterocycles. The second kappa shape index (κ2) is 1.59. The van der Waals surface area contributed by atoms with Crippen molar-refractivity contribution in [2.45, 2.75) is 25.7 Å². The summed E-state index contributed by atoms with van der Waals surface area (Å²) in [6.45, 7) is 1.04. The summed E-state index contributed by atoms with van der Waals surface area (Å²) in [6.07, 6.45) is 8.21. The summed E-state index contributed by atoms with van der Waals surface area (Å²) in [7, 11) is 0. The molecular formula is C11H14O. The van der Waals surface area contributed by atoms with Crippen molar-refractivity contribution in [3.05, 3.63) is 11.8 Å². The highest BCUT2D eigenvalue weighted by molar-refractivity contribution is 5.26. The second-order valence-electron chi connectivity index (χ2n) is 5.17. The first-order chi connectivity index (χ1) is 5.87. The van der Waals surface area contributed by atoms with Gasteiger partial charge in [-0.2, -0.15) is 0 Å². The van der Waals surface area contributed by atoms with Crippen LogP contribution in [-0.4, -0.2) is 6.61 Å². The number of allylic oxidation sites excluding steroid dienone is 2. The Balaban J connectivity index is 1.92. The third-order valence-corrected chi connectivity index (χ3v) is 4.74. The highest BCUT2D eigenvalue weighted by Crippen LogP contribution is 2.68. The zero-order chi connectivity index (χ0) is 7.76. The number of hydrogen-bond donors (Lipinski definition) is 0. The first-order valence-electron chi connectivity index (χ1n) is 5.21. The Bertz CT molecular complexity index is 275. The first kappa shape index (κ1) is 6.06. The molecule has 12 heavy (non-hydrogen) atoms. The SMILES string of the molecule is C1=C2CC3CC4CC(CO2)C14C3. The largest absolute Gasteiger partial charge is 0.498 e. The van der Waals surface area contributed by atoms with E-state index in [4.69, 9.17) is 4.74 Å². The lowest BCUT2D eigenvalue weighted by molar-refractivity contribution is -0.0592. The summed E-state index contributed by atoms with van der Waals surface area (Å²) < 4.78 is 5.74. The number of hydrogen-bond acceptors (Lipinski definition) is 1. The van der Waals surface area contributed by atoms with Gasteiger partial charge < -0.3 is 4.74 Å². The summed E-state index contributed by atoms with van der Waals surface area (Å²) in [5, 5.41) is 0. The van der Waals surface area contributed by atoms with Crippen LogP contribution in [0, 0.1) is 23.2 Å². The molecule has 1 heteroatoms. The van der Waals surface area contributed by atoms with Crippen molar-refractivity contribution in [2.24, 2.45) is 23.2 Å². The van der Waals surface area contributed by atoms with E-state index in [0.29, 0.717) is 5.41 Å². The monoisotopic (exact) mass is 162 g/mol. The third-order valence-electron chi connectivity index (χ3n) is 4.74. The van der Waals surface area contributed by atoms with Gasteiger partial charge in [0.2, 0.25) is 0 Å². The molecule has 1 heterocycles. The van der Waals surface area contributed by atoms with Crippen molar-refractivity contribution in [1.82, 2.24) is 0 Å². The Morgan fingerprint density at radius 2 is 2.33 bits per heavy atom. The molecule has 2 saturated carbocycles. The number of ether oxygens (including phenoxy) is 1. The molecule has 64 valence electrons. The average molecular weight is 162 g/mol. The van der Waals surface area contributed by atoms with E-state index < -0.39 is 0 Å². The lowest BCUT2D eigenvalue weighted by Crippen LogP contribution is -2.49. The van der Waals surface area contributed by atoms with E-state index in [2.05, 4.69) is 6.08 Å². The number of fused-ring (bicyclic) bond motifs is 1. The van der Waals surface area contributed by atoms with E-state index in [9.17, 15) is 0 Å². The van der Waals surface area contributed by atoms with Crippen LogP contribution >= 0.6 is 0 Å². The van der Waals surface area contributed by atoms with Gasteiger partial charge in [-0.1, -0.05) is 0 Å². The van der Waals surface area contributed by atoms with Gasteiger partial charge in [0.25, 0.3) is 0 Å². The van der Waals surface area contributed by atoms with Crippen molar-refractivity contribution >= 4 is 0 Å². The molecule has 0 aromatic heterocycles. The van der Waals surface area contributed by atoms with Crippen LogP contribution in [0.5, 0.6) is 0 Å². The highest BCUT2D eigenvalue weighted by atomic mass is 16.5. The zero-order valence-corrected chi connectivity index (χ0v) is 7.25. The van der Waals surface area contributed by atoms with E-state index in [1.807, 2.05) is 0 Å². The van der Waals surface area contributed by atoms with Crippen molar-refractivity contribution < 1.29 is 4.74 Å². The molecule has 3 bridgehead atoms. The molecule has 1 nitrogen and oxygen atoms in total. The fourth-order valence-corrected chi connectivity index (χ4v) is 4.21. The summed E-state index contributed by atoms with van der Waals surface area (Å²) >= 11 is 0. The normalized spacial score (nSPS) is 58.7. The fraction of sp³-hybridized carbons (Fsp3) is 0.818. The van der Waals surface area contributed by atoms with E-state index in [-0.39, 0.29) is 0 Å². The van der Waals surface area contributed by atoms with Crippen molar-refractivity contribution in [2.75, 3.05) is 6.61 Å². The second-order valence-corrected chi connectivity index (χ2v) is 5.17. The molecule has 1 spiro atoms. The van der Waals surface area contributed by atoms with Gasteiger partial charge in [0.1, 0.15) is 0 Å². The minimum Gasteiger partial charge on any atom is -0.498 e. The van der Waals surface area contributed by atoms with Gasteiger partial charge >= 0.3 is 0 Å². The lowest BCUT2D eigenvalue weighted by atomic mass is 9.53. The molecule has 0 aromatic carbocycles. The van der Waals surface area contributed by atoms with Crippen molar-refractivity contribution in [1.29, 1.82) is 0 Å². The van der Waals surface area contributed by atoms with Gasteiger partial charge in [-0.25, -0.2) is 0 Å². The van der Waals surface area contributed by atoms with Gasteiger partial charge in [0.05, 0.1) is 12.4 Å². The Morgan fingerprint density at radius 3 is 3.33 bits per heavy atom. The quantitative estimate of drug-likeness (QED) is 0.531. The standard InChI is InChI=1S/C11H14O/c1-7-2-10-5-11(4-7)8(1)3-9(11)6-12-10/h5,7-9H,1-4,6H2. The van der Waals surface area contributed by atoms with Crippen LogP contribution in [0.25, 0.3) is 0 Å². The maximum absolute atomic E-state index is 5.74. The van der Waals surface area contributed by atoms with Crippen LogP contribution in [0.2, 0.25) is 0 Å². The van der Waals surface area contributed by atoms with Gasteiger partial charge in [-0.3, -0.25) is 0 Å². The maximum Gasteiger partial charge on any atom is 0.0928 e. The molecule has 0 N–H and O–H groups in total. The Labute approximate surface area is 72.8 Å².